The second-order valence-electron chi connectivity index (χ2n) is 7.36. The summed E-state index contributed by atoms with van der Waals surface area (Å²) in [4.78, 5) is 22.9. The van der Waals surface area contributed by atoms with Crippen molar-refractivity contribution in [3.05, 3.63) is 0 Å². The Morgan fingerprint density at radius 2 is 2.00 bits per heavy atom. The molecule has 23 heavy (non-hydrogen) atoms. The molecular formula is C17H31N5O. The maximum absolute atomic E-state index is 11.8. The van der Waals surface area contributed by atoms with E-state index in [9.17, 15) is 4.79 Å². The summed E-state index contributed by atoms with van der Waals surface area (Å²) in [6, 6.07) is 1.65. The van der Waals surface area contributed by atoms with Gasteiger partial charge in [0.25, 0.3) is 0 Å². The van der Waals surface area contributed by atoms with Crippen LogP contribution in [0.15, 0.2) is 4.99 Å². The number of likely N-dealkylation sites (tertiary alicyclic amines) is 2. The number of carbonyl (C=O) groups is 1. The van der Waals surface area contributed by atoms with Gasteiger partial charge in [0.05, 0.1) is 6.54 Å². The van der Waals surface area contributed by atoms with Crippen LogP contribution in [0.1, 0.15) is 32.1 Å². The smallest absolute Gasteiger partial charge is 0.241 e. The van der Waals surface area contributed by atoms with Gasteiger partial charge in [-0.15, -0.1) is 0 Å². The number of hydrogen-bond acceptors (Lipinski definition) is 3. The van der Waals surface area contributed by atoms with Crippen LogP contribution in [0.5, 0.6) is 0 Å². The van der Waals surface area contributed by atoms with E-state index in [0.717, 1.165) is 37.1 Å². The largest absolute Gasteiger partial charge is 0.347 e. The van der Waals surface area contributed by atoms with Crippen LogP contribution in [0.25, 0.3) is 0 Å². The second-order valence-corrected chi connectivity index (χ2v) is 7.36. The molecule has 130 valence electrons. The van der Waals surface area contributed by atoms with Gasteiger partial charge in [0.1, 0.15) is 0 Å². The third-order valence-electron chi connectivity index (χ3n) is 5.53. The molecule has 0 aromatic heterocycles. The van der Waals surface area contributed by atoms with Gasteiger partial charge in [0, 0.05) is 46.3 Å². The van der Waals surface area contributed by atoms with Crippen molar-refractivity contribution in [2.45, 2.75) is 44.2 Å². The molecule has 6 nitrogen and oxygen atoms in total. The molecule has 0 bridgehead atoms. The lowest BCUT2D eigenvalue weighted by molar-refractivity contribution is -0.127. The van der Waals surface area contributed by atoms with Gasteiger partial charge in [-0.3, -0.25) is 14.7 Å². The molecule has 3 rings (SSSR count). The van der Waals surface area contributed by atoms with Gasteiger partial charge in [-0.2, -0.15) is 0 Å². The highest BCUT2D eigenvalue weighted by Crippen LogP contribution is 2.38. The zero-order chi connectivity index (χ0) is 16.4. The van der Waals surface area contributed by atoms with Crippen LogP contribution in [0.2, 0.25) is 0 Å². The molecule has 3 fully saturated rings. The highest BCUT2D eigenvalue weighted by atomic mass is 16.2. The van der Waals surface area contributed by atoms with E-state index in [-0.39, 0.29) is 5.91 Å². The van der Waals surface area contributed by atoms with E-state index in [1.165, 1.54) is 38.6 Å². The van der Waals surface area contributed by atoms with Crippen LogP contribution < -0.4 is 5.32 Å². The first-order valence-corrected chi connectivity index (χ1v) is 9.01. The molecule has 3 aliphatic rings. The number of guanidine groups is 1. The summed E-state index contributed by atoms with van der Waals surface area (Å²) in [6.07, 6.45) is 6.70. The molecule has 1 saturated carbocycles. The summed E-state index contributed by atoms with van der Waals surface area (Å²) in [5, 5.41) is 3.23. The van der Waals surface area contributed by atoms with Crippen LogP contribution in [0, 0.1) is 5.92 Å². The second kappa shape index (κ2) is 7.07. The Morgan fingerprint density at radius 3 is 2.65 bits per heavy atom. The van der Waals surface area contributed by atoms with Gasteiger partial charge in [-0.1, -0.05) is 0 Å². The molecule has 2 aliphatic heterocycles. The quantitative estimate of drug-likeness (QED) is 0.611. The van der Waals surface area contributed by atoms with E-state index in [1.54, 1.807) is 19.0 Å². The molecule has 0 aromatic rings. The van der Waals surface area contributed by atoms with Crippen molar-refractivity contribution < 1.29 is 4.79 Å². The predicted molar refractivity (Wildman–Crippen MR) is 92.5 cm³/mol. The van der Waals surface area contributed by atoms with Crippen LogP contribution in [0.4, 0.5) is 0 Å². The third kappa shape index (κ3) is 3.79. The monoisotopic (exact) mass is 321 g/mol. The molecule has 2 unspecified atom stereocenters. The molecule has 2 saturated heterocycles. The van der Waals surface area contributed by atoms with Gasteiger partial charge in [-0.05, 0) is 44.6 Å². The van der Waals surface area contributed by atoms with Crippen molar-refractivity contribution in [1.29, 1.82) is 0 Å². The van der Waals surface area contributed by atoms with Crippen molar-refractivity contribution in [2.24, 2.45) is 10.9 Å². The molecule has 1 amide bonds. The lowest BCUT2D eigenvalue weighted by Gasteiger charge is -2.48. The van der Waals surface area contributed by atoms with E-state index >= 15 is 0 Å². The Bertz CT molecular complexity index is 460. The fourth-order valence-corrected chi connectivity index (χ4v) is 4.14. The molecule has 1 N–H and O–H groups in total. The van der Waals surface area contributed by atoms with Gasteiger partial charge >= 0.3 is 0 Å². The van der Waals surface area contributed by atoms with Crippen molar-refractivity contribution in [3.63, 3.8) is 0 Å². The first kappa shape index (κ1) is 16.6. The summed E-state index contributed by atoms with van der Waals surface area (Å²) < 4.78 is 0. The number of piperidine rings is 2. The predicted octanol–water partition coefficient (Wildman–Crippen LogP) is 0.599. The Labute approximate surface area is 139 Å². The highest BCUT2D eigenvalue weighted by Gasteiger charge is 2.42. The SMILES string of the molecule is CN=C(NCC(=O)N(C)C)N1CCC2C(CCCN2C2CC2)C1. The zero-order valence-electron chi connectivity index (χ0n) is 14.8. The maximum Gasteiger partial charge on any atom is 0.241 e. The summed E-state index contributed by atoms with van der Waals surface area (Å²) in [6.45, 7) is 3.73. The molecular weight excluding hydrogens is 290 g/mol. The first-order valence-electron chi connectivity index (χ1n) is 9.01. The number of nitrogens with zero attached hydrogens (tertiary/aromatic N) is 4. The van der Waals surface area contributed by atoms with Crippen molar-refractivity contribution >= 4 is 11.9 Å². The van der Waals surface area contributed by atoms with Crippen molar-refractivity contribution in [3.8, 4) is 0 Å². The molecule has 1 aliphatic carbocycles. The molecule has 0 radical (unpaired) electrons. The number of hydrogen-bond donors (Lipinski definition) is 1. The molecule has 6 heteroatoms. The van der Waals surface area contributed by atoms with Crippen molar-refractivity contribution in [1.82, 2.24) is 20.0 Å². The standard InChI is InChI=1S/C17H31N5O/c1-18-17(19-11-16(23)20(2)3)21-10-8-15-13(12-21)5-4-9-22(15)14-6-7-14/h13-15H,4-12H2,1-3H3,(H,18,19). The Hall–Kier alpha value is -1.30. The highest BCUT2D eigenvalue weighted by molar-refractivity contribution is 5.86. The average molecular weight is 321 g/mol. The molecule has 2 heterocycles. The minimum Gasteiger partial charge on any atom is -0.347 e. The summed E-state index contributed by atoms with van der Waals surface area (Å²) in [5.74, 6) is 1.71. The fraction of sp³-hybridized carbons (Fsp3) is 0.882. The van der Waals surface area contributed by atoms with E-state index in [1.807, 2.05) is 7.05 Å². The number of likely N-dealkylation sites (N-methyl/N-ethyl adjacent to an activating group) is 1. The van der Waals surface area contributed by atoms with E-state index in [0.29, 0.717) is 6.54 Å². The summed E-state index contributed by atoms with van der Waals surface area (Å²) >= 11 is 0. The number of aliphatic imine (C=N–C) groups is 1. The Kier molecular flexibility index (Phi) is 5.09. The Balaban J connectivity index is 1.56. The van der Waals surface area contributed by atoms with E-state index in [4.69, 9.17) is 0 Å². The van der Waals surface area contributed by atoms with Gasteiger partial charge in [0.15, 0.2) is 5.96 Å². The topological polar surface area (TPSA) is 51.2 Å². The normalized spacial score (nSPS) is 29.2. The Morgan fingerprint density at radius 1 is 1.22 bits per heavy atom. The molecule has 0 spiro atoms. The third-order valence-corrected chi connectivity index (χ3v) is 5.53. The maximum atomic E-state index is 11.8. The number of nitrogens with one attached hydrogen (secondary N) is 1. The number of rotatable bonds is 3. The minimum atomic E-state index is 0.0820. The van der Waals surface area contributed by atoms with Crippen LogP contribution in [-0.4, -0.2) is 86.0 Å². The van der Waals surface area contributed by atoms with Gasteiger partial charge in [0.2, 0.25) is 5.91 Å². The van der Waals surface area contributed by atoms with Crippen LogP contribution in [-0.2, 0) is 4.79 Å². The molecule has 2 atom stereocenters. The summed E-state index contributed by atoms with van der Waals surface area (Å²) in [7, 11) is 5.38. The zero-order valence-corrected chi connectivity index (χ0v) is 14.8. The summed E-state index contributed by atoms with van der Waals surface area (Å²) in [5.41, 5.74) is 0. The number of fused-ring (bicyclic) bond motifs is 1. The lowest BCUT2D eigenvalue weighted by Crippen LogP contribution is -2.57. The van der Waals surface area contributed by atoms with Gasteiger partial charge < -0.3 is 15.1 Å². The van der Waals surface area contributed by atoms with E-state index in [2.05, 4.69) is 20.1 Å². The van der Waals surface area contributed by atoms with E-state index < -0.39 is 0 Å². The minimum absolute atomic E-state index is 0.0820. The van der Waals surface area contributed by atoms with Crippen LogP contribution in [0.3, 0.4) is 0 Å². The first-order chi connectivity index (χ1) is 11.1. The van der Waals surface area contributed by atoms with Gasteiger partial charge in [-0.25, -0.2) is 0 Å². The average Bonchev–Trinajstić information content (AvgIpc) is 3.39. The lowest BCUT2D eigenvalue weighted by atomic mass is 9.83. The van der Waals surface area contributed by atoms with Crippen LogP contribution >= 0.6 is 0 Å². The number of carbonyl (C=O) groups excluding carboxylic acids is 1. The molecule has 0 aromatic carbocycles. The fourth-order valence-electron chi connectivity index (χ4n) is 4.14. The number of amides is 1. The van der Waals surface area contributed by atoms with Crippen molar-refractivity contribution in [2.75, 3.05) is 47.3 Å².